The summed E-state index contributed by atoms with van der Waals surface area (Å²) < 4.78 is 69.3. The van der Waals surface area contributed by atoms with E-state index in [0.29, 0.717) is 22.2 Å². The summed E-state index contributed by atoms with van der Waals surface area (Å²) in [5.74, 6) is 0.473. The molecule has 0 unspecified atom stereocenters. The molecule has 0 fully saturated rings. The number of aromatic nitrogens is 1. The number of ether oxygens (including phenoxy) is 1. The Bertz CT molecular complexity index is 810. The Morgan fingerprint density at radius 1 is 1.11 bits per heavy atom. The molecule has 0 saturated heterocycles. The number of alkyl halides is 3. The standard InChI is InChI=1S/C18H21F3N2O3S/c1-2-3-4-12-26-17-9-7-16(8-10-17)23(27(24,25)18(19,20)21)14-15-6-5-11-22-13-15/h5-11,13H,2-4,12,14H2,1H3. The van der Waals surface area contributed by atoms with Gasteiger partial charge in [-0.1, -0.05) is 25.8 Å². The zero-order valence-corrected chi connectivity index (χ0v) is 15.6. The van der Waals surface area contributed by atoms with Gasteiger partial charge in [-0.25, -0.2) is 0 Å². The van der Waals surface area contributed by atoms with E-state index < -0.39 is 22.1 Å². The second-order valence-corrected chi connectivity index (χ2v) is 7.72. The Balaban J connectivity index is 2.25. The van der Waals surface area contributed by atoms with E-state index in [9.17, 15) is 21.6 Å². The first-order valence-corrected chi connectivity index (χ1v) is 9.90. The van der Waals surface area contributed by atoms with E-state index in [1.54, 1.807) is 0 Å². The van der Waals surface area contributed by atoms with Crippen molar-refractivity contribution >= 4 is 15.7 Å². The first-order chi connectivity index (χ1) is 12.8. The molecule has 27 heavy (non-hydrogen) atoms. The smallest absolute Gasteiger partial charge is 0.494 e. The van der Waals surface area contributed by atoms with Crippen LogP contribution in [0.3, 0.4) is 0 Å². The van der Waals surface area contributed by atoms with Gasteiger partial charge in [0.2, 0.25) is 0 Å². The summed E-state index contributed by atoms with van der Waals surface area (Å²) in [6.45, 7) is 2.08. The molecule has 0 aliphatic heterocycles. The molecule has 2 aromatic rings. The molecule has 0 atom stereocenters. The largest absolute Gasteiger partial charge is 0.516 e. The summed E-state index contributed by atoms with van der Waals surface area (Å²) in [5, 5.41) is 0. The summed E-state index contributed by atoms with van der Waals surface area (Å²) in [5.41, 5.74) is -5.17. The van der Waals surface area contributed by atoms with Crippen LogP contribution in [0.4, 0.5) is 18.9 Å². The molecule has 1 heterocycles. The van der Waals surface area contributed by atoms with Gasteiger partial charge in [-0.05, 0) is 42.3 Å². The molecule has 0 N–H and O–H groups in total. The lowest BCUT2D eigenvalue weighted by atomic mass is 10.2. The highest BCUT2D eigenvalue weighted by molar-refractivity contribution is 7.93. The Morgan fingerprint density at radius 3 is 2.37 bits per heavy atom. The number of hydrogen-bond donors (Lipinski definition) is 0. The Labute approximate surface area is 156 Å². The summed E-state index contributed by atoms with van der Waals surface area (Å²) in [4.78, 5) is 3.82. The average molecular weight is 402 g/mol. The lowest BCUT2D eigenvalue weighted by molar-refractivity contribution is -0.0438. The lowest BCUT2D eigenvalue weighted by Gasteiger charge is -2.25. The highest BCUT2D eigenvalue weighted by atomic mass is 32.2. The van der Waals surface area contributed by atoms with Crippen LogP contribution in [0, 0.1) is 0 Å². The zero-order valence-electron chi connectivity index (χ0n) is 14.8. The normalized spacial score (nSPS) is 12.0. The molecule has 0 spiro atoms. The predicted molar refractivity (Wildman–Crippen MR) is 96.9 cm³/mol. The molecule has 5 nitrogen and oxygen atoms in total. The topological polar surface area (TPSA) is 59.5 Å². The van der Waals surface area contributed by atoms with Crippen molar-refractivity contribution in [3.8, 4) is 5.75 Å². The third kappa shape index (κ3) is 5.59. The maximum Gasteiger partial charge on any atom is 0.516 e. The van der Waals surface area contributed by atoms with Crippen molar-refractivity contribution < 1.29 is 26.3 Å². The third-order valence-corrected chi connectivity index (χ3v) is 5.28. The number of benzene rings is 1. The van der Waals surface area contributed by atoms with Crippen LogP contribution in [-0.4, -0.2) is 25.5 Å². The molecule has 9 heteroatoms. The van der Waals surface area contributed by atoms with Crippen molar-refractivity contribution in [2.45, 2.75) is 38.2 Å². The molecule has 0 amide bonds. The number of halogens is 3. The molecule has 0 aliphatic rings. The van der Waals surface area contributed by atoms with Crippen molar-refractivity contribution in [3.05, 3.63) is 54.4 Å². The van der Waals surface area contributed by atoms with Gasteiger partial charge in [-0.15, -0.1) is 0 Å². The van der Waals surface area contributed by atoms with Crippen molar-refractivity contribution in [1.82, 2.24) is 4.98 Å². The second kappa shape index (κ2) is 9.07. The van der Waals surface area contributed by atoms with E-state index in [2.05, 4.69) is 11.9 Å². The number of hydrogen-bond acceptors (Lipinski definition) is 4. The first kappa shape index (κ1) is 21.0. The Morgan fingerprint density at radius 2 is 1.81 bits per heavy atom. The lowest BCUT2D eigenvalue weighted by Crippen LogP contribution is -2.40. The van der Waals surface area contributed by atoms with Crippen LogP contribution in [0.25, 0.3) is 0 Å². The van der Waals surface area contributed by atoms with Gasteiger partial charge in [0.25, 0.3) is 0 Å². The van der Waals surface area contributed by atoms with E-state index in [0.717, 1.165) is 19.3 Å². The fourth-order valence-electron chi connectivity index (χ4n) is 2.35. The van der Waals surface area contributed by atoms with Crippen molar-refractivity contribution in [1.29, 1.82) is 0 Å². The number of anilines is 1. The second-order valence-electron chi connectivity index (χ2n) is 5.87. The molecule has 2 rings (SSSR count). The first-order valence-electron chi connectivity index (χ1n) is 8.46. The average Bonchev–Trinajstić information content (AvgIpc) is 2.64. The van der Waals surface area contributed by atoms with Crippen LogP contribution in [0.15, 0.2) is 48.8 Å². The van der Waals surface area contributed by atoms with Gasteiger partial charge in [0.05, 0.1) is 18.8 Å². The SMILES string of the molecule is CCCCCOc1ccc(N(Cc2cccnc2)S(=O)(=O)C(F)(F)F)cc1. The predicted octanol–water partition coefficient (Wildman–Crippen LogP) is 4.51. The minimum atomic E-state index is -5.56. The van der Waals surface area contributed by atoms with Gasteiger partial charge in [0.1, 0.15) is 5.75 Å². The van der Waals surface area contributed by atoms with E-state index >= 15 is 0 Å². The van der Waals surface area contributed by atoms with Gasteiger partial charge in [0, 0.05) is 12.4 Å². The Kier molecular flexibility index (Phi) is 7.06. The van der Waals surface area contributed by atoms with E-state index in [1.807, 2.05) is 0 Å². The maximum absolute atomic E-state index is 13.1. The van der Waals surface area contributed by atoms with Crippen LogP contribution < -0.4 is 9.04 Å². The monoisotopic (exact) mass is 402 g/mol. The van der Waals surface area contributed by atoms with Crippen LogP contribution in [0.2, 0.25) is 0 Å². The van der Waals surface area contributed by atoms with Gasteiger partial charge in [-0.2, -0.15) is 21.6 Å². The molecule has 0 saturated carbocycles. The van der Waals surface area contributed by atoms with E-state index in [-0.39, 0.29) is 5.69 Å². The summed E-state index contributed by atoms with van der Waals surface area (Å²) in [6.07, 6.45) is 5.70. The van der Waals surface area contributed by atoms with Crippen LogP contribution >= 0.6 is 0 Å². The number of sulfonamides is 1. The fraction of sp³-hybridized carbons (Fsp3) is 0.389. The molecule has 0 bridgehead atoms. The van der Waals surface area contributed by atoms with Gasteiger partial charge in [0.15, 0.2) is 0 Å². The molecule has 148 valence electrons. The quantitative estimate of drug-likeness (QED) is 0.579. The number of unbranched alkanes of at least 4 members (excludes halogenated alkanes) is 2. The van der Waals surface area contributed by atoms with Crippen molar-refractivity contribution in [2.75, 3.05) is 10.9 Å². The summed E-state index contributed by atoms with van der Waals surface area (Å²) in [7, 11) is -5.56. The highest BCUT2D eigenvalue weighted by Gasteiger charge is 2.50. The molecule has 1 aromatic heterocycles. The van der Waals surface area contributed by atoms with Gasteiger partial charge in [-0.3, -0.25) is 9.29 Å². The van der Waals surface area contributed by atoms with Crippen molar-refractivity contribution in [3.63, 3.8) is 0 Å². The molecular weight excluding hydrogens is 381 g/mol. The minimum absolute atomic E-state index is 0.0999. The molecule has 0 radical (unpaired) electrons. The minimum Gasteiger partial charge on any atom is -0.494 e. The van der Waals surface area contributed by atoms with E-state index in [4.69, 9.17) is 4.74 Å². The van der Waals surface area contributed by atoms with Gasteiger partial charge < -0.3 is 4.74 Å². The Hall–Kier alpha value is -2.29. The number of pyridine rings is 1. The number of rotatable bonds is 9. The van der Waals surface area contributed by atoms with Crippen LogP contribution in [0.1, 0.15) is 31.7 Å². The van der Waals surface area contributed by atoms with E-state index in [1.165, 1.54) is 48.8 Å². The van der Waals surface area contributed by atoms with Crippen LogP contribution in [0.5, 0.6) is 5.75 Å². The number of nitrogens with zero attached hydrogens (tertiary/aromatic N) is 2. The molecule has 1 aromatic carbocycles. The van der Waals surface area contributed by atoms with Crippen LogP contribution in [-0.2, 0) is 16.6 Å². The van der Waals surface area contributed by atoms with Gasteiger partial charge >= 0.3 is 15.5 Å². The maximum atomic E-state index is 13.1. The molecular formula is C18H21F3N2O3S. The molecule has 0 aliphatic carbocycles. The summed E-state index contributed by atoms with van der Waals surface area (Å²) in [6, 6.07) is 8.56. The third-order valence-electron chi connectivity index (χ3n) is 3.77. The highest BCUT2D eigenvalue weighted by Crippen LogP contribution is 2.33. The van der Waals surface area contributed by atoms with Crippen molar-refractivity contribution in [2.24, 2.45) is 0 Å². The fourth-order valence-corrected chi connectivity index (χ4v) is 3.32. The zero-order chi connectivity index (χ0) is 19.9. The summed E-state index contributed by atoms with van der Waals surface area (Å²) >= 11 is 0.